The summed E-state index contributed by atoms with van der Waals surface area (Å²) in [5.41, 5.74) is 2.13. The maximum absolute atomic E-state index is 10.1. The number of benzene rings is 1. The maximum Gasteiger partial charge on any atom is 0.123 e. The smallest absolute Gasteiger partial charge is 0.123 e. The predicted molar refractivity (Wildman–Crippen MR) is 97.0 cm³/mol. The molecule has 0 saturated heterocycles. The van der Waals surface area contributed by atoms with Crippen LogP contribution in [-0.4, -0.2) is 45.9 Å². The van der Waals surface area contributed by atoms with Gasteiger partial charge in [-0.25, -0.2) is 4.98 Å². The molecule has 24 heavy (non-hydrogen) atoms. The van der Waals surface area contributed by atoms with E-state index in [4.69, 9.17) is 4.74 Å². The molecule has 3 rings (SSSR count). The zero-order valence-corrected chi connectivity index (χ0v) is 14.9. The Hall–Kier alpha value is -1.73. The van der Waals surface area contributed by atoms with E-state index < -0.39 is 6.10 Å². The van der Waals surface area contributed by atoms with Gasteiger partial charge in [-0.3, -0.25) is 4.90 Å². The highest BCUT2D eigenvalue weighted by Crippen LogP contribution is 2.15. The summed E-state index contributed by atoms with van der Waals surface area (Å²) in [6, 6.07) is 12.1. The molecule has 1 unspecified atom stereocenters. The van der Waals surface area contributed by atoms with Gasteiger partial charge in [0.15, 0.2) is 0 Å². The summed E-state index contributed by atoms with van der Waals surface area (Å²) in [7, 11) is 4.01. The van der Waals surface area contributed by atoms with Gasteiger partial charge in [-0.15, -0.1) is 11.3 Å². The van der Waals surface area contributed by atoms with Crippen LogP contribution in [-0.2, 0) is 24.9 Å². The lowest BCUT2D eigenvalue weighted by Crippen LogP contribution is -2.32. The summed E-state index contributed by atoms with van der Waals surface area (Å²) in [4.78, 5) is 7.91. The first-order valence-electron chi connectivity index (χ1n) is 8.00. The third kappa shape index (κ3) is 4.21. The Morgan fingerprint density at radius 3 is 2.88 bits per heavy atom. The lowest BCUT2D eigenvalue weighted by atomic mass is 10.3. The molecule has 3 aromatic rings. The largest absolute Gasteiger partial charge is 0.389 e. The molecule has 2 heterocycles. The van der Waals surface area contributed by atoms with Crippen LogP contribution in [0.15, 0.2) is 41.8 Å². The minimum Gasteiger partial charge on any atom is -0.389 e. The predicted octanol–water partition coefficient (Wildman–Crippen LogP) is 2.64. The standard InChI is InChI=1S/C18H23N3O2S/c1-20(10-14(22)12-23-13-15-6-5-9-24-15)11-18-19-16-7-3-4-8-17(16)21(18)2/h3-9,14,22H,10-13H2,1-2H3. The highest BCUT2D eigenvalue weighted by Gasteiger charge is 2.13. The lowest BCUT2D eigenvalue weighted by Gasteiger charge is -2.20. The van der Waals surface area contributed by atoms with Crippen LogP contribution in [0.3, 0.4) is 0 Å². The molecule has 0 amide bonds. The molecule has 5 nitrogen and oxygen atoms in total. The van der Waals surface area contributed by atoms with Gasteiger partial charge >= 0.3 is 0 Å². The Kier molecular flexibility index (Phi) is 5.63. The molecular formula is C18H23N3O2S. The first-order chi connectivity index (χ1) is 11.6. The molecule has 1 N–H and O–H groups in total. The van der Waals surface area contributed by atoms with Gasteiger partial charge in [0.25, 0.3) is 0 Å². The molecule has 0 aliphatic carbocycles. The molecule has 1 aromatic carbocycles. The second-order valence-electron chi connectivity index (χ2n) is 6.02. The van der Waals surface area contributed by atoms with Crippen LogP contribution in [0.2, 0.25) is 0 Å². The molecule has 0 saturated carbocycles. The van der Waals surface area contributed by atoms with Crippen molar-refractivity contribution < 1.29 is 9.84 Å². The number of ether oxygens (including phenoxy) is 1. The van der Waals surface area contributed by atoms with Gasteiger partial charge in [0.05, 0.1) is 36.9 Å². The number of hydrogen-bond donors (Lipinski definition) is 1. The SMILES string of the molecule is CN(Cc1nc2ccccc2n1C)CC(O)COCc1cccs1. The minimum atomic E-state index is -0.510. The molecule has 1 atom stereocenters. The first-order valence-corrected chi connectivity index (χ1v) is 8.88. The number of aliphatic hydroxyl groups is 1. The van der Waals surface area contributed by atoms with Crippen molar-refractivity contribution in [1.29, 1.82) is 0 Å². The van der Waals surface area contributed by atoms with Gasteiger partial charge < -0.3 is 14.4 Å². The fraction of sp³-hybridized carbons (Fsp3) is 0.389. The number of aliphatic hydroxyl groups excluding tert-OH is 1. The summed E-state index contributed by atoms with van der Waals surface area (Å²) in [5.74, 6) is 0.991. The van der Waals surface area contributed by atoms with Crippen LogP contribution in [0.1, 0.15) is 10.7 Å². The van der Waals surface area contributed by atoms with Crippen molar-refractivity contribution in [3.63, 3.8) is 0 Å². The van der Waals surface area contributed by atoms with E-state index in [0.717, 1.165) is 16.9 Å². The molecule has 0 fully saturated rings. The summed E-state index contributed by atoms with van der Waals surface area (Å²) < 4.78 is 7.68. The van der Waals surface area contributed by atoms with Crippen molar-refractivity contribution in [2.24, 2.45) is 7.05 Å². The molecular weight excluding hydrogens is 322 g/mol. The summed E-state index contributed by atoms with van der Waals surface area (Å²) >= 11 is 1.67. The van der Waals surface area contributed by atoms with Crippen molar-refractivity contribution in [3.8, 4) is 0 Å². The van der Waals surface area contributed by atoms with Crippen molar-refractivity contribution in [2.75, 3.05) is 20.2 Å². The minimum absolute atomic E-state index is 0.338. The third-order valence-electron chi connectivity index (χ3n) is 3.95. The second kappa shape index (κ2) is 7.90. The van der Waals surface area contributed by atoms with E-state index in [2.05, 4.69) is 20.5 Å². The summed E-state index contributed by atoms with van der Waals surface area (Å²) in [6.07, 6.45) is -0.510. The Balaban J connectivity index is 1.49. The topological polar surface area (TPSA) is 50.5 Å². The van der Waals surface area contributed by atoms with Crippen LogP contribution < -0.4 is 0 Å². The van der Waals surface area contributed by atoms with Crippen molar-refractivity contribution in [1.82, 2.24) is 14.5 Å². The number of hydrogen-bond acceptors (Lipinski definition) is 5. The van der Waals surface area contributed by atoms with Gasteiger partial charge in [-0.05, 0) is 30.6 Å². The van der Waals surface area contributed by atoms with E-state index in [1.807, 2.05) is 49.8 Å². The monoisotopic (exact) mass is 345 g/mol. The van der Waals surface area contributed by atoms with Gasteiger partial charge in [0.1, 0.15) is 5.82 Å². The molecule has 6 heteroatoms. The van der Waals surface area contributed by atoms with Crippen molar-refractivity contribution in [3.05, 3.63) is 52.5 Å². The number of rotatable bonds is 8. The molecule has 0 spiro atoms. The number of thiophene rings is 1. The Morgan fingerprint density at radius 1 is 1.29 bits per heavy atom. The van der Waals surface area contributed by atoms with Gasteiger partial charge in [-0.1, -0.05) is 18.2 Å². The molecule has 128 valence electrons. The number of aromatic nitrogens is 2. The van der Waals surface area contributed by atoms with Gasteiger partial charge in [0.2, 0.25) is 0 Å². The number of para-hydroxylation sites is 2. The molecule has 0 aliphatic heterocycles. The molecule has 2 aromatic heterocycles. The van der Waals surface area contributed by atoms with Gasteiger partial charge in [0, 0.05) is 18.5 Å². The molecule has 0 bridgehead atoms. The highest BCUT2D eigenvalue weighted by molar-refractivity contribution is 7.09. The first kappa shape index (κ1) is 17.1. The van der Waals surface area contributed by atoms with E-state index >= 15 is 0 Å². The number of aryl methyl sites for hydroxylation is 1. The number of likely N-dealkylation sites (N-methyl/N-ethyl adjacent to an activating group) is 1. The van der Waals surface area contributed by atoms with E-state index in [1.165, 1.54) is 4.88 Å². The van der Waals surface area contributed by atoms with Crippen molar-refractivity contribution in [2.45, 2.75) is 19.3 Å². The Morgan fingerprint density at radius 2 is 2.12 bits per heavy atom. The Labute approximate surface area is 146 Å². The van der Waals surface area contributed by atoms with Crippen LogP contribution in [0.25, 0.3) is 11.0 Å². The van der Waals surface area contributed by atoms with E-state index in [-0.39, 0.29) is 0 Å². The van der Waals surface area contributed by atoms with E-state index in [1.54, 1.807) is 11.3 Å². The highest BCUT2D eigenvalue weighted by atomic mass is 32.1. The van der Waals surface area contributed by atoms with Crippen LogP contribution in [0, 0.1) is 0 Å². The number of imidazole rings is 1. The molecule has 0 aliphatic rings. The fourth-order valence-corrected chi connectivity index (χ4v) is 3.39. The third-order valence-corrected chi connectivity index (χ3v) is 4.80. The Bertz CT molecular complexity index is 770. The van der Waals surface area contributed by atoms with E-state index in [0.29, 0.717) is 26.3 Å². The summed E-state index contributed by atoms with van der Waals surface area (Å²) in [5, 5.41) is 12.2. The quantitative estimate of drug-likeness (QED) is 0.682. The van der Waals surface area contributed by atoms with Gasteiger partial charge in [-0.2, -0.15) is 0 Å². The fourth-order valence-electron chi connectivity index (χ4n) is 2.75. The van der Waals surface area contributed by atoms with Crippen molar-refractivity contribution >= 4 is 22.4 Å². The second-order valence-corrected chi connectivity index (χ2v) is 7.05. The van der Waals surface area contributed by atoms with Crippen LogP contribution >= 0.6 is 11.3 Å². The molecule has 0 radical (unpaired) electrons. The average Bonchev–Trinajstić information content (AvgIpc) is 3.17. The summed E-state index contributed by atoms with van der Waals surface area (Å²) in [6.45, 7) is 2.13. The average molecular weight is 345 g/mol. The zero-order chi connectivity index (χ0) is 16.9. The maximum atomic E-state index is 10.1. The number of fused-ring (bicyclic) bond motifs is 1. The van der Waals surface area contributed by atoms with Crippen LogP contribution in [0.4, 0.5) is 0 Å². The number of nitrogens with zero attached hydrogens (tertiary/aromatic N) is 3. The lowest BCUT2D eigenvalue weighted by molar-refractivity contribution is 0.0131. The van der Waals surface area contributed by atoms with Crippen LogP contribution in [0.5, 0.6) is 0 Å². The normalized spacial score (nSPS) is 13.0. The zero-order valence-electron chi connectivity index (χ0n) is 14.1. The van der Waals surface area contributed by atoms with E-state index in [9.17, 15) is 5.11 Å².